The highest BCUT2D eigenvalue weighted by Gasteiger charge is 2.32. The van der Waals surface area contributed by atoms with Gasteiger partial charge in [-0.25, -0.2) is 0 Å². The van der Waals surface area contributed by atoms with Crippen LogP contribution in [0.5, 0.6) is 0 Å². The maximum Gasteiger partial charge on any atom is 0.237 e. The minimum Gasteiger partial charge on any atom is -0.354 e. The van der Waals surface area contributed by atoms with Crippen LogP contribution in [0.25, 0.3) is 0 Å². The zero-order valence-electron chi connectivity index (χ0n) is 17.5. The van der Waals surface area contributed by atoms with Gasteiger partial charge in [0.05, 0.1) is 6.04 Å². The molecular formula is C24H29ClN4O2. The number of halogens is 1. The van der Waals surface area contributed by atoms with E-state index >= 15 is 0 Å². The molecule has 0 bridgehead atoms. The SMILES string of the molecule is NC(C(=O)NCC1CCc2cc(Cl)ccc21)C1CCC(C(=O)Nc2ccncc2)CC1. The van der Waals surface area contributed by atoms with Crippen LogP contribution in [0.4, 0.5) is 5.69 Å². The van der Waals surface area contributed by atoms with Crippen molar-refractivity contribution in [1.82, 2.24) is 10.3 Å². The molecule has 2 amide bonds. The lowest BCUT2D eigenvalue weighted by Crippen LogP contribution is -2.47. The minimum absolute atomic E-state index is 0.0303. The summed E-state index contributed by atoms with van der Waals surface area (Å²) in [6.07, 6.45) is 8.39. The summed E-state index contributed by atoms with van der Waals surface area (Å²) in [4.78, 5) is 29.1. The van der Waals surface area contributed by atoms with E-state index in [4.69, 9.17) is 17.3 Å². The van der Waals surface area contributed by atoms with Crippen LogP contribution >= 0.6 is 11.6 Å². The largest absolute Gasteiger partial charge is 0.354 e. The van der Waals surface area contributed by atoms with Crippen LogP contribution in [0.2, 0.25) is 5.02 Å². The van der Waals surface area contributed by atoms with Crippen LogP contribution in [0.15, 0.2) is 42.7 Å². The Balaban J connectivity index is 1.23. The van der Waals surface area contributed by atoms with Crippen molar-refractivity contribution in [3.05, 3.63) is 58.9 Å². The standard InChI is InChI=1S/C24H29ClN4O2/c25-19-7-8-21-17(13-19)5-6-18(21)14-28-24(31)22(26)15-1-3-16(4-2-15)23(30)29-20-9-11-27-12-10-20/h7-13,15-16,18,22H,1-6,14,26H2,(H,28,31)(H,27,29,30). The third-order valence-corrected chi connectivity index (χ3v) is 6.97. The first kappa shape index (κ1) is 21.8. The lowest BCUT2D eigenvalue weighted by atomic mass is 9.78. The Kier molecular flexibility index (Phi) is 6.88. The molecule has 7 heteroatoms. The third kappa shape index (κ3) is 5.25. The molecule has 1 saturated carbocycles. The van der Waals surface area contributed by atoms with Crippen LogP contribution in [-0.2, 0) is 16.0 Å². The molecule has 2 aliphatic rings. The molecule has 2 unspecified atom stereocenters. The van der Waals surface area contributed by atoms with E-state index in [-0.39, 0.29) is 23.7 Å². The van der Waals surface area contributed by atoms with Gasteiger partial charge in [0.1, 0.15) is 0 Å². The fraction of sp³-hybridized carbons (Fsp3) is 0.458. The number of pyridine rings is 1. The smallest absolute Gasteiger partial charge is 0.237 e. The predicted molar refractivity (Wildman–Crippen MR) is 122 cm³/mol. The Morgan fingerprint density at radius 1 is 1.10 bits per heavy atom. The molecule has 1 fully saturated rings. The first-order valence-electron chi connectivity index (χ1n) is 11.0. The summed E-state index contributed by atoms with van der Waals surface area (Å²) in [5.74, 6) is 0.326. The van der Waals surface area contributed by atoms with Crippen LogP contribution in [0.3, 0.4) is 0 Å². The topological polar surface area (TPSA) is 97.1 Å². The van der Waals surface area contributed by atoms with Crippen LogP contribution in [0, 0.1) is 11.8 Å². The van der Waals surface area contributed by atoms with Gasteiger partial charge in [-0.1, -0.05) is 17.7 Å². The second-order valence-electron chi connectivity index (χ2n) is 8.69. The lowest BCUT2D eigenvalue weighted by Gasteiger charge is -2.31. The summed E-state index contributed by atoms with van der Waals surface area (Å²) in [6, 6.07) is 9.03. The van der Waals surface area contributed by atoms with Gasteiger partial charge in [0.15, 0.2) is 0 Å². The molecule has 4 N–H and O–H groups in total. The molecule has 0 aliphatic heterocycles. The first-order valence-corrected chi connectivity index (χ1v) is 11.4. The number of nitrogens with two attached hydrogens (primary N) is 1. The molecule has 6 nitrogen and oxygen atoms in total. The number of anilines is 1. The van der Waals surface area contributed by atoms with E-state index in [2.05, 4.69) is 21.7 Å². The number of rotatable bonds is 6. The highest BCUT2D eigenvalue weighted by molar-refractivity contribution is 6.30. The molecule has 0 saturated heterocycles. The van der Waals surface area contributed by atoms with Gasteiger partial charge in [-0.15, -0.1) is 0 Å². The minimum atomic E-state index is -0.532. The highest BCUT2D eigenvalue weighted by Crippen LogP contribution is 2.34. The molecule has 2 aliphatic carbocycles. The van der Waals surface area contributed by atoms with Gasteiger partial charge < -0.3 is 16.4 Å². The van der Waals surface area contributed by atoms with Crippen LogP contribution in [0.1, 0.15) is 49.1 Å². The zero-order valence-corrected chi connectivity index (χ0v) is 18.3. The number of carbonyl (C=O) groups excluding carboxylic acids is 2. The Morgan fingerprint density at radius 3 is 2.58 bits per heavy atom. The van der Waals surface area contributed by atoms with E-state index in [9.17, 15) is 9.59 Å². The summed E-state index contributed by atoms with van der Waals surface area (Å²) in [6.45, 7) is 0.602. The number of benzene rings is 1. The molecule has 1 aromatic carbocycles. The Morgan fingerprint density at radius 2 is 1.84 bits per heavy atom. The van der Waals surface area contributed by atoms with Crippen molar-refractivity contribution in [2.45, 2.75) is 50.5 Å². The van der Waals surface area contributed by atoms with E-state index in [1.165, 1.54) is 11.1 Å². The number of nitrogens with one attached hydrogen (secondary N) is 2. The summed E-state index contributed by atoms with van der Waals surface area (Å²) >= 11 is 6.08. The van der Waals surface area contributed by atoms with Crippen LogP contribution in [-0.4, -0.2) is 29.4 Å². The van der Waals surface area contributed by atoms with E-state index in [1.54, 1.807) is 24.5 Å². The number of hydrogen-bond acceptors (Lipinski definition) is 4. The molecule has 4 rings (SSSR count). The number of aryl methyl sites for hydroxylation is 1. The average molecular weight is 441 g/mol. The maximum atomic E-state index is 12.7. The predicted octanol–water partition coefficient (Wildman–Crippen LogP) is 3.65. The Bertz CT molecular complexity index is 928. The Labute approximate surface area is 188 Å². The highest BCUT2D eigenvalue weighted by atomic mass is 35.5. The molecule has 2 aromatic rings. The van der Waals surface area contributed by atoms with Gasteiger partial charge >= 0.3 is 0 Å². The first-order chi connectivity index (χ1) is 15.0. The molecule has 1 heterocycles. The molecule has 1 aromatic heterocycles. The summed E-state index contributed by atoms with van der Waals surface area (Å²) in [5, 5.41) is 6.77. The maximum absolute atomic E-state index is 12.7. The van der Waals surface area contributed by atoms with E-state index in [0.717, 1.165) is 49.2 Å². The van der Waals surface area contributed by atoms with Gasteiger partial charge in [0.2, 0.25) is 11.8 Å². The normalized spacial score (nSPS) is 23.6. The number of nitrogens with zero attached hydrogens (tertiary/aromatic N) is 1. The van der Waals surface area contributed by atoms with Crippen LogP contribution < -0.4 is 16.4 Å². The van der Waals surface area contributed by atoms with Crippen molar-refractivity contribution in [3.8, 4) is 0 Å². The van der Waals surface area contributed by atoms with Crippen molar-refractivity contribution in [2.24, 2.45) is 17.6 Å². The van der Waals surface area contributed by atoms with Crippen molar-refractivity contribution < 1.29 is 9.59 Å². The average Bonchev–Trinajstić information content (AvgIpc) is 3.19. The number of amides is 2. The van der Waals surface area contributed by atoms with Crippen molar-refractivity contribution >= 4 is 29.1 Å². The fourth-order valence-corrected chi connectivity index (χ4v) is 5.06. The summed E-state index contributed by atoms with van der Waals surface area (Å²) < 4.78 is 0. The van der Waals surface area contributed by atoms with Gasteiger partial charge in [0, 0.05) is 41.5 Å². The summed E-state index contributed by atoms with van der Waals surface area (Å²) in [5.41, 5.74) is 9.61. The van der Waals surface area contributed by atoms with Gasteiger partial charge in [-0.2, -0.15) is 0 Å². The van der Waals surface area contributed by atoms with Gasteiger partial charge in [0.25, 0.3) is 0 Å². The second kappa shape index (κ2) is 9.79. The molecule has 0 spiro atoms. The van der Waals surface area contributed by atoms with E-state index < -0.39 is 6.04 Å². The Hall–Kier alpha value is -2.44. The number of aromatic nitrogens is 1. The lowest BCUT2D eigenvalue weighted by molar-refractivity contribution is -0.124. The fourth-order valence-electron chi connectivity index (χ4n) is 4.86. The zero-order chi connectivity index (χ0) is 21.8. The van der Waals surface area contributed by atoms with E-state index in [0.29, 0.717) is 12.5 Å². The number of carbonyl (C=O) groups is 2. The van der Waals surface area contributed by atoms with Gasteiger partial charge in [-0.05, 0) is 79.8 Å². The van der Waals surface area contributed by atoms with Gasteiger partial charge in [-0.3, -0.25) is 14.6 Å². The third-order valence-electron chi connectivity index (χ3n) is 6.73. The summed E-state index contributed by atoms with van der Waals surface area (Å²) in [7, 11) is 0. The van der Waals surface area contributed by atoms with E-state index in [1.807, 2.05) is 12.1 Å². The molecule has 2 atom stereocenters. The molecule has 0 radical (unpaired) electrons. The van der Waals surface area contributed by atoms with Crippen molar-refractivity contribution in [1.29, 1.82) is 0 Å². The molecule has 31 heavy (non-hydrogen) atoms. The number of fused-ring (bicyclic) bond motifs is 1. The van der Waals surface area contributed by atoms with Crippen molar-refractivity contribution in [2.75, 3.05) is 11.9 Å². The molecular weight excluding hydrogens is 412 g/mol. The monoisotopic (exact) mass is 440 g/mol. The second-order valence-corrected chi connectivity index (χ2v) is 9.12. The quantitative estimate of drug-likeness (QED) is 0.638. The van der Waals surface area contributed by atoms with Crippen molar-refractivity contribution in [3.63, 3.8) is 0 Å². The number of hydrogen-bond donors (Lipinski definition) is 3. The molecule has 164 valence electrons.